The van der Waals surface area contributed by atoms with Crippen molar-refractivity contribution >= 4 is 17.3 Å². The van der Waals surface area contributed by atoms with Gasteiger partial charge in [0, 0.05) is 31.6 Å². The number of carbonyl (C=O) groups is 1. The van der Waals surface area contributed by atoms with Gasteiger partial charge in [-0.15, -0.1) is 0 Å². The van der Waals surface area contributed by atoms with Crippen LogP contribution < -0.4 is 10.6 Å². The summed E-state index contributed by atoms with van der Waals surface area (Å²) in [5.41, 5.74) is -0.0978. The largest absolute Gasteiger partial charge is 0.389 e. The number of carbonyl (C=O) groups excluding carboxylic acids is 1. The second-order valence-electron chi connectivity index (χ2n) is 4.21. The molecule has 0 saturated heterocycles. The van der Waals surface area contributed by atoms with Crippen molar-refractivity contribution in [2.45, 2.75) is 19.0 Å². The molecule has 0 aliphatic carbocycles. The predicted molar refractivity (Wildman–Crippen MR) is 70.3 cm³/mol. The quantitative estimate of drug-likeness (QED) is 0.481. The third-order valence-electron chi connectivity index (χ3n) is 2.63. The van der Waals surface area contributed by atoms with Gasteiger partial charge in [0.1, 0.15) is 5.69 Å². The minimum Gasteiger partial charge on any atom is -0.379 e. The molecule has 0 spiro atoms. The Balaban J connectivity index is 2.82. The number of benzene rings is 1. The first-order valence-corrected chi connectivity index (χ1v) is 6.05. The van der Waals surface area contributed by atoms with Crippen LogP contribution in [0.1, 0.15) is 23.2 Å². The van der Waals surface area contributed by atoms with Gasteiger partial charge in [0.05, 0.1) is 4.92 Å². The van der Waals surface area contributed by atoms with Crippen LogP contribution in [0.4, 0.5) is 24.5 Å². The molecule has 2 N–H and O–H groups in total. The fourth-order valence-corrected chi connectivity index (χ4v) is 1.63. The van der Waals surface area contributed by atoms with E-state index in [2.05, 4.69) is 10.6 Å². The number of nitrogens with zero attached hydrogens (tertiary/aromatic N) is 1. The number of nitro groups is 1. The van der Waals surface area contributed by atoms with Crippen molar-refractivity contribution in [3.8, 4) is 0 Å². The molecule has 0 unspecified atom stereocenters. The maximum atomic E-state index is 12.0. The third kappa shape index (κ3) is 5.28. The summed E-state index contributed by atoms with van der Waals surface area (Å²) in [6.45, 7) is -0.0858. The molecule has 1 aromatic rings. The zero-order valence-corrected chi connectivity index (χ0v) is 11.2. The number of nitro benzene ring substituents is 1. The molecule has 1 amide bonds. The molecule has 0 radical (unpaired) electrons. The normalized spacial score (nSPS) is 11.0. The molecule has 0 bridgehead atoms. The monoisotopic (exact) mass is 305 g/mol. The van der Waals surface area contributed by atoms with Crippen LogP contribution in [-0.2, 0) is 0 Å². The van der Waals surface area contributed by atoms with Crippen LogP contribution in [0.3, 0.4) is 0 Å². The van der Waals surface area contributed by atoms with Crippen LogP contribution in [0.2, 0.25) is 0 Å². The highest BCUT2D eigenvalue weighted by Gasteiger charge is 2.26. The van der Waals surface area contributed by atoms with Gasteiger partial charge in [-0.1, -0.05) is 0 Å². The van der Waals surface area contributed by atoms with Gasteiger partial charge in [0.15, 0.2) is 0 Å². The molecule has 0 atom stereocenters. The van der Waals surface area contributed by atoms with Crippen LogP contribution >= 0.6 is 0 Å². The maximum Gasteiger partial charge on any atom is 0.389 e. The van der Waals surface area contributed by atoms with Gasteiger partial charge in [0.2, 0.25) is 0 Å². The Hall–Kier alpha value is -2.32. The summed E-state index contributed by atoms with van der Waals surface area (Å²) in [4.78, 5) is 21.6. The first-order chi connectivity index (χ1) is 9.74. The number of nitrogens with one attached hydrogen (secondary N) is 2. The summed E-state index contributed by atoms with van der Waals surface area (Å²) >= 11 is 0. The second-order valence-corrected chi connectivity index (χ2v) is 4.21. The van der Waals surface area contributed by atoms with Gasteiger partial charge < -0.3 is 10.6 Å². The lowest BCUT2D eigenvalue weighted by molar-refractivity contribution is -0.384. The molecule has 0 aromatic heterocycles. The van der Waals surface area contributed by atoms with Crippen molar-refractivity contribution < 1.29 is 22.9 Å². The third-order valence-corrected chi connectivity index (χ3v) is 2.63. The smallest absolute Gasteiger partial charge is 0.379 e. The van der Waals surface area contributed by atoms with E-state index in [4.69, 9.17) is 0 Å². The first kappa shape index (κ1) is 16.7. The molecule has 1 aromatic carbocycles. The van der Waals surface area contributed by atoms with Crippen LogP contribution in [0.25, 0.3) is 0 Å². The van der Waals surface area contributed by atoms with Gasteiger partial charge >= 0.3 is 6.18 Å². The van der Waals surface area contributed by atoms with E-state index in [-0.39, 0.29) is 29.9 Å². The molecular formula is C12H14F3N3O3. The lowest BCUT2D eigenvalue weighted by Crippen LogP contribution is -2.18. The summed E-state index contributed by atoms with van der Waals surface area (Å²) in [5.74, 6) is -0.441. The van der Waals surface area contributed by atoms with Gasteiger partial charge in [0.25, 0.3) is 11.6 Å². The molecule has 6 nitrogen and oxygen atoms in total. The van der Waals surface area contributed by atoms with E-state index in [0.717, 1.165) is 6.07 Å². The Kier molecular flexibility index (Phi) is 5.51. The van der Waals surface area contributed by atoms with Gasteiger partial charge in [-0.05, 0) is 18.6 Å². The molecule has 1 rings (SSSR count). The minimum absolute atomic E-state index is 0.0169. The van der Waals surface area contributed by atoms with E-state index in [1.54, 1.807) is 0 Å². The number of halogens is 3. The standard InChI is InChI=1S/C12H14F3N3O3/c1-16-11(19)8-3-4-10(18(20)21)9(7-8)17-6-2-5-12(13,14)15/h3-4,7,17H,2,5-6H2,1H3,(H,16,19). The molecule has 0 saturated carbocycles. The molecule has 0 heterocycles. The Morgan fingerprint density at radius 1 is 1.38 bits per heavy atom. The average molecular weight is 305 g/mol. The number of alkyl halides is 3. The highest BCUT2D eigenvalue weighted by molar-refractivity contribution is 5.95. The molecule has 0 fully saturated rings. The summed E-state index contributed by atoms with van der Waals surface area (Å²) in [6.07, 6.45) is -5.47. The number of amides is 1. The van der Waals surface area contributed by atoms with E-state index in [0.29, 0.717) is 0 Å². The lowest BCUT2D eigenvalue weighted by atomic mass is 10.1. The summed E-state index contributed by atoms with van der Waals surface area (Å²) in [5, 5.41) is 15.8. The minimum atomic E-state index is -4.27. The Morgan fingerprint density at radius 3 is 2.57 bits per heavy atom. The van der Waals surface area contributed by atoms with E-state index < -0.39 is 23.4 Å². The van der Waals surface area contributed by atoms with Crippen molar-refractivity contribution in [3.05, 3.63) is 33.9 Å². The number of rotatable bonds is 6. The zero-order chi connectivity index (χ0) is 16.0. The van der Waals surface area contributed by atoms with Crippen molar-refractivity contribution in [1.29, 1.82) is 0 Å². The molecule has 116 valence electrons. The summed E-state index contributed by atoms with van der Waals surface area (Å²) < 4.78 is 36.0. The lowest BCUT2D eigenvalue weighted by Gasteiger charge is -2.10. The summed E-state index contributed by atoms with van der Waals surface area (Å²) in [6, 6.07) is 3.65. The number of hydrogen-bond acceptors (Lipinski definition) is 4. The molecule has 0 aliphatic rings. The van der Waals surface area contributed by atoms with Crippen LogP contribution in [0.5, 0.6) is 0 Å². The van der Waals surface area contributed by atoms with Crippen molar-refractivity contribution in [2.24, 2.45) is 0 Å². The van der Waals surface area contributed by atoms with E-state index in [1.165, 1.54) is 19.2 Å². The highest BCUT2D eigenvalue weighted by atomic mass is 19.4. The fraction of sp³-hybridized carbons (Fsp3) is 0.417. The topological polar surface area (TPSA) is 84.3 Å². The molecule has 9 heteroatoms. The fourth-order valence-electron chi connectivity index (χ4n) is 1.63. The van der Waals surface area contributed by atoms with E-state index in [9.17, 15) is 28.1 Å². The van der Waals surface area contributed by atoms with Crippen LogP contribution in [0.15, 0.2) is 18.2 Å². The number of hydrogen-bond donors (Lipinski definition) is 2. The molecule has 21 heavy (non-hydrogen) atoms. The van der Waals surface area contributed by atoms with E-state index >= 15 is 0 Å². The Morgan fingerprint density at radius 2 is 2.05 bits per heavy atom. The Bertz CT molecular complexity index is 532. The van der Waals surface area contributed by atoms with Crippen LogP contribution in [0, 0.1) is 10.1 Å². The molecular weight excluding hydrogens is 291 g/mol. The average Bonchev–Trinajstić information content (AvgIpc) is 2.41. The Labute approximate surface area is 118 Å². The predicted octanol–water partition coefficient (Wildman–Crippen LogP) is 2.71. The van der Waals surface area contributed by atoms with Crippen LogP contribution in [-0.4, -0.2) is 30.6 Å². The van der Waals surface area contributed by atoms with Gasteiger partial charge in [-0.3, -0.25) is 14.9 Å². The molecule has 0 aliphatic heterocycles. The SMILES string of the molecule is CNC(=O)c1ccc([N+](=O)[O-])c(NCCCC(F)(F)F)c1. The second kappa shape index (κ2) is 6.91. The number of anilines is 1. The first-order valence-electron chi connectivity index (χ1n) is 6.05. The van der Waals surface area contributed by atoms with Crippen molar-refractivity contribution in [1.82, 2.24) is 5.32 Å². The zero-order valence-electron chi connectivity index (χ0n) is 11.2. The summed E-state index contributed by atoms with van der Waals surface area (Å²) in [7, 11) is 1.40. The van der Waals surface area contributed by atoms with Gasteiger partial charge in [-0.2, -0.15) is 13.2 Å². The maximum absolute atomic E-state index is 12.0. The van der Waals surface area contributed by atoms with Gasteiger partial charge in [-0.25, -0.2) is 0 Å². The van der Waals surface area contributed by atoms with Crippen molar-refractivity contribution in [2.75, 3.05) is 18.9 Å². The van der Waals surface area contributed by atoms with E-state index in [1.807, 2.05) is 0 Å². The highest BCUT2D eigenvalue weighted by Crippen LogP contribution is 2.26. The van der Waals surface area contributed by atoms with Crippen molar-refractivity contribution in [3.63, 3.8) is 0 Å².